The standard InChI is InChI=1S/C20H19N7O3S2/c1-13(18(11-21)30-32(29)22-2)24-15-6-3-5-14(9-15)20(28)25-16-7-4-8-17(10-16)27-19(31)12-23-26-27/h3-10,12,18,22,26H,1-2H3,(H,25,28). The first-order chi connectivity index (χ1) is 15.4. The second-order valence-corrected chi connectivity index (χ2v) is 7.87. The predicted molar refractivity (Wildman–Crippen MR) is 124 cm³/mol. The zero-order chi connectivity index (χ0) is 23.1. The molecule has 1 aromatic heterocycles. The fourth-order valence-corrected chi connectivity index (χ4v) is 3.31. The molecule has 32 heavy (non-hydrogen) atoms. The fraction of sp³-hybridized carbons (Fsp3) is 0.150. The molecule has 0 radical (unpaired) electrons. The Bertz CT molecular complexity index is 1280. The second-order valence-electron chi connectivity index (χ2n) is 6.38. The number of carbonyl (C=O) groups excluding carboxylic acids is 1. The third-order valence-corrected chi connectivity index (χ3v) is 5.16. The van der Waals surface area contributed by atoms with E-state index in [0.29, 0.717) is 27.3 Å². The number of anilines is 1. The average Bonchev–Trinajstić information content (AvgIpc) is 3.23. The highest BCUT2D eigenvalue weighted by atomic mass is 32.2. The second kappa shape index (κ2) is 10.7. The Morgan fingerprint density at radius 3 is 2.81 bits per heavy atom. The van der Waals surface area contributed by atoms with Crippen LogP contribution in [0.2, 0.25) is 0 Å². The number of amides is 1. The van der Waals surface area contributed by atoms with Crippen LogP contribution in [0.5, 0.6) is 0 Å². The zero-order valence-electron chi connectivity index (χ0n) is 17.1. The molecule has 0 fully saturated rings. The molecule has 3 rings (SSSR count). The van der Waals surface area contributed by atoms with Gasteiger partial charge in [0.2, 0.25) is 11.3 Å². The van der Waals surface area contributed by atoms with Crippen molar-refractivity contribution in [3.63, 3.8) is 0 Å². The molecule has 164 valence electrons. The maximum Gasteiger partial charge on any atom is 0.255 e. The summed E-state index contributed by atoms with van der Waals surface area (Å²) in [6, 6.07) is 15.6. The quantitative estimate of drug-likeness (QED) is 0.343. The van der Waals surface area contributed by atoms with Gasteiger partial charge in [0.25, 0.3) is 5.91 Å². The molecule has 2 aromatic carbocycles. The van der Waals surface area contributed by atoms with E-state index in [9.17, 15) is 14.3 Å². The summed E-state index contributed by atoms with van der Waals surface area (Å²) in [7, 11) is 1.44. The maximum absolute atomic E-state index is 12.8. The van der Waals surface area contributed by atoms with E-state index in [0.717, 1.165) is 5.69 Å². The van der Waals surface area contributed by atoms with Gasteiger partial charge in [0, 0.05) is 11.3 Å². The molecule has 0 saturated heterocycles. The molecule has 10 nitrogen and oxygen atoms in total. The number of carbonyl (C=O) groups is 1. The summed E-state index contributed by atoms with van der Waals surface area (Å²) >= 11 is 3.38. The summed E-state index contributed by atoms with van der Waals surface area (Å²) in [6.07, 6.45) is 0.421. The number of nitrogens with one attached hydrogen (secondary N) is 3. The number of H-pyrrole nitrogens is 1. The average molecular weight is 470 g/mol. The molecule has 0 bridgehead atoms. The Kier molecular flexibility index (Phi) is 7.74. The number of nitriles is 1. The van der Waals surface area contributed by atoms with E-state index >= 15 is 0 Å². The SMILES string of the molecule is CNS(=O)OC(C#N)C(C)=Nc1cccc(C(=O)Nc2cccc(-n3[nH]ncc3=S)c2)c1. The van der Waals surface area contributed by atoms with Crippen molar-refractivity contribution in [2.75, 3.05) is 12.4 Å². The number of rotatable bonds is 8. The molecule has 0 spiro atoms. The minimum Gasteiger partial charge on any atom is -0.322 e. The van der Waals surface area contributed by atoms with E-state index in [4.69, 9.17) is 16.4 Å². The molecular weight excluding hydrogens is 450 g/mol. The Hall–Kier alpha value is -3.50. The van der Waals surface area contributed by atoms with Gasteiger partial charge in [-0.05, 0) is 50.4 Å². The molecule has 1 amide bonds. The van der Waals surface area contributed by atoms with Gasteiger partial charge in [-0.3, -0.25) is 14.0 Å². The van der Waals surface area contributed by atoms with Crippen LogP contribution in [0, 0.1) is 16.0 Å². The monoisotopic (exact) mass is 469 g/mol. The number of aliphatic imine (C=N–C) groups is 1. The first kappa shape index (κ1) is 23.2. The molecule has 2 atom stereocenters. The Labute approximate surface area is 191 Å². The summed E-state index contributed by atoms with van der Waals surface area (Å²) < 4.78 is 21.0. The van der Waals surface area contributed by atoms with Crippen LogP contribution in [0.3, 0.4) is 0 Å². The van der Waals surface area contributed by atoms with Gasteiger partial charge in [-0.1, -0.05) is 24.4 Å². The summed E-state index contributed by atoms with van der Waals surface area (Å²) in [5, 5.41) is 18.7. The number of aromatic amines is 1. The number of nitrogens with zero attached hydrogens (tertiary/aromatic N) is 4. The number of aromatic nitrogens is 3. The van der Waals surface area contributed by atoms with Crippen LogP contribution in [0.1, 0.15) is 17.3 Å². The number of hydrogen-bond donors (Lipinski definition) is 3. The van der Waals surface area contributed by atoms with Crippen LogP contribution >= 0.6 is 12.2 Å². The van der Waals surface area contributed by atoms with Crippen molar-refractivity contribution in [3.05, 3.63) is 64.9 Å². The van der Waals surface area contributed by atoms with E-state index in [-0.39, 0.29) is 5.91 Å². The van der Waals surface area contributed by atoms with Crippen LogP contribution < -0.4 is 10.0 Å². The van der Waals surface area contributed by atoms with Gasteiger partial charge in [-0.25, -0.2) is 18.8 Å². The minimum atomic E-state index is -1.82. The molecule has 3 aromatic rings. The lowest BCUT2D eigenvalue weighted by Gasteiger charge is -2.10. The molecule has 0 aliphatic carbocycles. The number of benzene rings is 2. The van der Waals surface area contributed by atoms with Crippen molar-refractivity contribution in [3.8, 4) is 11.8 Å². The molecule has 0 aliphatic heterocycles. The minimum absolute atomic E-state index is 0.303. The van der Waals surface area contributed by atoms with Crippen molar-refractivity contribution in [1.82, 2.24) is 19.7 Å². The first-order valence-corrected chi connectivity index (χ1v) is 10.7. The lowest BCUT2D eigenvalue weighted by Crippen LogP contribution is -2.25. The normalized spacial score (nSPS) is 13.2. The van der Waals surface area contributed by atoms with Crippen molar-refractivity contribution in [2.45, 2.75) is 13.0 Å². The van der Waals surface area contributed by atoms with Crippen LogP contribution in [0.25, 0.3) is 5.69 Å². The summed E-state index contributed by atoms with van der Waals surface area (Å²) in [5.74, 6) is -0.338. The van der Waals surface area contributed by atoms with E-state index in [1.54, 1.807) is 54.1 Å². The van der Waals surface area contributed by atoms with Gasteiger partial charge >= 0.3 is 0 Å². The highest BCUT2D eigenvalue weighted by Crippen LogP contribution is 2.19. The molecule has 2 unspecified atom stereocenters. The molecule has 0 saturated carbocycles. The molecule has 0 aliphatic rings. The van der Waals surface area contributed by atoms with Crippen molar-refractivity contribution in [2.24, 2.45) is 4.99 Å². The van der Waals surface area contributed by atoms with Crippen molar-refractivity contribution in [1.29, 1.82) is 5.26 Å². The van der Waals surface area contributed by atoms with E-state index < -0.39 is 17.4 Å². The van der Waals surface area contributed by atoms with Gasteiger partial charge in [0.15, 0.2) is 6.10 Å². The maximum atomic E-state index is 12.8. The Morgan fingerprint density at radius 1 is 1.34 bits per heavy atom. The molecule has 1 heterocycles. The lowest BCUT2D eigenvalue weighted by atomic mass is 10.1. The molecular formula is C20H19N7O3S2. The third-order valence-electron chi connectivity index (χ3n) is 4.18. The zero-order valence-corrected chi connectivity index (χ0v) is 18.7. The molecule has 12 heteroatoms. The van der Waals surface area contributed by atoms with Gasteiger partial charge in [0.05, 0.1) is 23.3 Å². The predicted octanol–water partition coefficient (Wildman–Crippen LogP) is 2.98. The van der Waals surface area contributed by atoms with Gasteiger partial charge < -0.3 is 5.32 Å². The fourth-order valence-electron chi connectivity index (χ4n) is 2.66. The highest BCUT2D eigenvalue weighted by molar-refractivity contribution is 7.78. The van der Waals surface area contributed by atoms with Crippen molar-refractivity contribution < 1.29 is 13.2 Å². The summed E-state index contributed by atoms with van der Waals surface area (Å²) in [4.78, 5) is 17.1. The van der Waals surface area contributed by atoms with Gasteiger partial charge in [-0.15, -0.1) is 0 Å². The van der Waals surface area contributed by atoms with Gasteiger partial charge in [-0.2, -0.15) is 10.4 Å². The smallest absolute Gasteiger partial charge is 0.255 e. The van der Waals surface area contributed by atoms with Crippen LogP contribution in [0.15, 0.2) is 59.7 Å². The lowest BCUT2D eigenvalue weighted by molar-refractivity contribution is 0.102. The Balaban J connectivity index is 1.77. The van der Waals surface area contributed by atoms with Crippen LogP contribution in [-0.2, 0) is 15.4 Å². The largest absolute Gasteiger partial charge is 0.322 e. The van der Waals surface area contributed by atoms with Gasteiger partial charge in [0.1, 0.15) is 10.7 Å². The topological polar surface area (TPSA) is 137 Å². The van der Waals surface area contributed by atoms with E-state index in [1.165, 1.54) is 13.2 Å². The first-order valence-electron chi connectivity index (χ1n) is 9.26. The van der Waals surface area contributed by atoms with Crippen molar-refractivity contribution >= 4 is 46.5 Å². The van der Waals surface area contributed by atoms with E-state index in [1.807, 2.05) is 12.1 Å². The Morgan fingerprint density at radius 2 is 2.12 bits per heavy atom. The molecule has 3 N–H and O–H groups in total. The van der Waals surface area contributed by atoms with E-state index in [2.05, 4.69) is 25.3 Å². The van der Waals surface area contributed by atoms with Crippen LogP contribution in [0.4, 0.5) is 11.4 Å². The highest BCUT2D eigenvalue weighted by Gasteiger charge is 2.16. The third kappa shape index (κ3) is 5.80. The van der Waals surface area contributed by atoms with Crippen LogP contribution in [-0.4, -0.2) is 44.0 Å². The summed E-state index contributed by atoms with van der Waals surface area (Å²) in [5.41, 5.74) is 2.42. The number of hydrogen-bond acceptors (Lipinski definition) is 7. The summed E-state index contributed by atoms with van der Waals surface area (Å²) in [6.45, 7) is 1.58.